The fourth-order valence-electron chi connectivity index (χ4n) is 3.31. The zero-order valence-electron chi connectivity index (χ0n) is 19.5. The summed E-state index contributed by atoms with van der Waals surface area (Å²) in [6.45, 7) is 7.88. The normalized spacial score (nSPS) is 13.1. The van der Waals surface area contributed by atoms with Crippen molar-refractivity contribution in [3.8, 4) is 0 Å². The van der Waals surface area contributed by atoms with Crippen LogP contribution >= 0.6 is 51.7 Å². The molecule has 0 fully saturated rings. The Morgan fingerprint density at radius 1 is 0.897 bits per heavy atom. The zero-order chi connectivity index (χ0) is 21.7. The Morgan fingerprint density at radius 2 is 1.34 bits per heavy atom. The van der Waals surface area contributed by atoms with E-state index in [0.29, 0.717) is 0 Å². The van der Waals surface area contributed by atoms with Crippen LogP contribution in [0.4, 0.5) is 0 Å². The topological polar surface area (TPSA) is 0 Å². The summed E-state index contributed by atoms with van der Waals surface area (Å²) in [6, 6.07) is 4.22. The van der Waals surface area contributed by atoms with Gasteiger partial charge >= 0.3 is 145 Å². The number of quaternary nitrogens is 1. The molecule has 0 N–H and O–H groups in total. The molecule has 0 saturated carbocycles. The molecule has 0 radical (unpaired) electrons. The second kappa shape index (κ2) is 16.0. The molecule has 0 bridgehead atoms. The van der Waals surface area contributed by atoms with E-state index in [1.807, 2.05) is 6.07 Å². The molecule has 176 valence electrons. The molecule has 1 aromatic heterocycles. The van der Waals surface area contributed by atoms with E-state index >= 15 is 0 Å². The van der Waals surface area contributed by atoms with Gasteiger partial charge in [-0.15, -0.1) is 11.6 Å². The van der Waals surface area contributed by atoms with Crippen LogP contribution in [0.2, 0.25) is 4.34 Å². The second-order valence-corrected chi connectivity index (χ2v) is 19.5. The van der Waals surface area contributed by atoms with Gasteiger partial charge in [0, 0.05) is 0 Å². The van der Waals surface area contributed by atoms with E-state index in [9.17, 15) is 0 Å². The van der Waals surface area contributed by atoms with E-state index in [1.54, 1.807) is 11.3 Å². The molecule has 1 rings (SSSR count). The van der Waals surface area contributed by atoms with E-state index in [0.717, 1.165) is 27.4 Å². The first-order valence-corrected chi connectivity index (χ1v) is 16.5. The average Bonchev–Trinajstić information content (AvgIpc) is 3.01. The van der Waals surface area contributed by atoms with Gasteiger partial charge in [-0.1, -0.05) is 0 Å². The molecule has 1 nitrogen and oxygen atoms in total. The van der Waals surface area contributed by atoms with Crippen LogP contribution in [0.3, 0.4) is 0 Å². The second-order valence-electron chi connectivity index (χ2n) is 9.12. The van der Waals surface area contributed by atoms with Crippen molar-refractivity contribution in [1.82, 2.24) is 0 Å². The van der Waals surface area contributed by atoms with Crippen LogP contribution < -0.4 is 12.4 Å². The Labute approximate surface area is 206 Å². The molecule has 0 saturated heterocycles. The van der Waals surface area contributed by atoms with Gasteiger partial charge in [0.15, 0.2) is 0 Å². The molecule has 29 heavy (non-hydrogen) atoms. The van der Waals surface area contributed by atoms with Crippen molar-refractivity contribution >= 4 is 51.7 Å². The van der Waals surface area contributed by atoms with Crippen molar-refractivity contribution in [1.29, 1.82) is 0 Å². The minimum Gasteiger partial charge on any atom is -1.00 e. The number of unbranched alkanes of at least 4 members (excludes halogenated alkanes) is 3. The number of rotatable bonds is 13. The van der Waals surface area contributed by atoms with E-state index in [4.69, 9.17) is 34.4 Å². The fourth-order valence-corrected chi connectivity index (χ4v) is 13.0. The number of halogens is 4. The molecule has 1 heterocycles. The number of hydrogen-bond donors (Lipinski definition) is 0. The van der Waals surface area contributed by atoms with E-state index in [-0.39, 0.29) is 12.4 Å². The minimum absolute atomic E-state index is 0. The Kier molecular flexibility index (Phi) is 17.8. The van der Waals surface area contributed by atoms with Gasteiger partial charge in [-0.2, -0.15) is 0 Å². The molecule has 0 amide bonds. The first kappa shape index (κ1) is 32.4. The Morgan fingerprint density at radius 3 is 1.59 bits per heavy atom. The van der Waals surface area contributed by atoms with Gasteiger partial charge in [0.05, 0.1) is 33.6 Å². The molecule has 0 atom stereocenters. The van der Waals surface area contributed by atoms with Gasteiger partial charge in [0.2, 0.25) is 0 Å². The maximum Gasteiger partial charge on any atom is 0.0918 e. The minimum atomic E-state index is -2.15. The first-order chi connectivity index (χ1) is 13.0. The van der Waals surface area contributed by atoms with Crippen LogP contribution in [0.1, 0.15) is 64.2 Å². The third kappa shape index (κ3) is 14.8. The summed E-state index contributed by atoms with van der Waals surface area (Å²) >= 11 is 20.9. The number of thiophene rings is 1. The monoisotopic (exact) mass is 525 g/mol. The summed E-state index contributed by atoms with van der Waals surface area (Å²) in [6.07, 6.45) is 12.4. The quantitative estimate of drug-likeness (QED) is 0.169. The van der Waals surface area contributed by atoms with Gasteiger partial charge in [0.1, 0.15) is 0 Å². The summed E-state index contributed by atoms with van der Waals surface area (Å²) in [5.74, 6) is -1.40. The molecule has 0 unspecified atom stereocenters. The molecule has 7 heteroatoms. The van der Waals surface area contributed by atoms with Crippen molar-refractivity contribution in [2.45, 2.75) is 65.5 Å². The summed E-state index contributed by atoms with van der Waals surface area (Å²) in [5.41, 5.74) is 0. The van der Waals surface area contributed by atoms with Gasteiger partial charge < -0.3 is 16.9 Å². The van der Waals surface area contributed by atoms with Gasteiger partial charge in [-0.05, 0) is 0 Å². The molecule has 0 aliphatic rings. The smallest absolute Gasteiger partial charge is 0.0918 e. The molecule has 0 aromatic carbocycles. The Bertz CT molecular complexity index is 507. The number of alkyl halides is 1. The van der Waals surface area contributed by atoms with Gasteiger partial charge in [0.25, 0.3) is 0 Å². The van der Waals surface area contributed by atoms with E-state index < -0.39 is 5.96 Å². The zero-order valence-corrected chi connectivity index (χ0v) is 24.2. The van der Waals surface area contributed by atoms with Crippen molar-refractivity contribution in [3.05, 3.63) is 21.3 Å². The number of nitrogens with zero attached hydrogens (tertiary/aromatic N) is 1. The fraction of sp³-hybridized carbons (Fsp3) is 0.818. The number of hydrogen-bond acceptors (Lipinski definition) is 1. The summed E-state index contributed by atoms with van der Waals surface area (Å²) in [7, 11) is 6.38. The van der Waals surface area contributed by atoms with Crippen molar-refractivity contribution in [2.24, 2.45) is 0 Å². The molecule has 0 aliphatic heterocycles. The van der Waals surface area contributed by atoms with E-state index in [1.165, 1.54) is 61.9 Å². The standard InChI is InChI=1S/C17H31Cl2PS.C5H13ClN.ClH/c1-4-7-12-20(19,13-8-5-2,14-9-6-3)15-16-10-11-17(18)21-16;1-7(2,3)5-4-6;/h10-11H,4-9,12-15H2,1-3H3;4-5H2,1-3H3;1H/q;+1;/p-1. The van der Waals surface area contributed by atoms with Gasteiger partial charge in [-0.3, -0.25) is 0 Å². The first-order valence-electron chi connectivity index (χ1n) is 10.8. The van der Waals surface area contributed by atoms with Crippen LogP contribution in [-0.4, -0.2) is 56.5 Å². The molecule has 0 aliphatic carbocycles. The molecule has 1 aromatic rings. The van der Waals surface area contributed by atoms with Crippen molar-refractivity contribution in [2.75, 3.05) is 52.1 Å². The van der Waals surface area contributed by atoms with Crippen LogP contribution in [0.25, 0.3) is 0 Å². The van der Waals surface area contributed by atoms with Crippen molar-refractivity contribution in [3.63, 3.8) is 0 Å². The Balaban J connectivity index is 0. The average molecular weight is 527 g/mol. The summed E-state index contributed by atoms with van der Waals surface area (Å²) in [4.78, 5) is 1.40. The van der Waals surface area contributed by atoms with Crippen LogP contribution in [0, 0.1) is 0 Å². The maximum absolute atomic E-state index is 7.57. The molecular formula is C22H44Cl4NPS. The maximum atomic E-state index is 7.57. The summed E-state index contributed by atoms with van der Waals surface area (Å²) < 4.78 is 1.86. The predicted molar refractivity (Wildman–Crippen MR) is 139 cm³/mol. The van der Waals surface area contributed by atoms with E-state index in [2.05, 4.69) is 48.0 Å². The van der Waals surface area contributed by atoms with Crippen molar-refractivity contribution < 1.29 is 16.9 Å². The largest absolute Gasteiger partial charge is 1.00 e. The summed E-state index contributed by atoms with van der Waals surface area (Å²) in [5, 5.41) is 0. The Hall–Kier alpha value is 1.25. The third-order valence-corrected chi connectivity index (χ3v) is 14.1. The predicted octanol–water partition coefficient (Wildman–Crippen LogP) is 5.94. The van der Waals surface area contributed by atoms with Crippen LogP contribution in [-0.2, 0) is 6.16 Å². The van der Waals surface area contributed by atoms with Gasteiger partial charge in [-0.25, -0.2) is 0 Å². The third-order valence-electron chi connectivity index (χ3n) is 5.15. The molecular weight excluding hydrogens is 483 g/mol. The molecule has 0 spiro atoms. The van der Waals surface area contributed by atoms with Crippen LogP contribution in [0.5, 0.6) is 0 Å². The van der Waals surface area contributed by atoms with Crippen LogP contribution in [0.15, 0.2) is 12.1 Å². The SMILES string of the molecule is CCCCP(Cl)(CCCC)(CCCC)Cc1ccc(Cl)s1.C[N+](C)(C)CCCl.[Cl-].